The quantitative estimate of drug-likeness (QED) is 0.603. The third-order valence-corrected chi connectivity index (χ3v) is 2.33. The molecule has 4 heteroatoms. The first kappa shape index (κ1) is 10.1. The van der Waals surface area contributed by atoms with Gasteiger partial charge in [0.1, 0.15) is 5.75 Å². The van der Waals surface area contributed by atoms with Gasteiger partial charge in [-0.1, -0.05) is 6.07 Å². The molecule has 0 saturated carbocycles. The van der Waals surface area contributed by atoms with Crippen LogP contribution in [0.3, 0.4) is 0 Å². The number of benzene rings is 1. The molecule has 1 rings (SSSR count). The number of thiol groups is 1. The molecule has 0 aliphatic heterocycles. The summed E-state index contributed by atoms with van der Waals surface area (Å²) in [6.45, 7) is 4.07. The minimum atomic E-state index is -1.34. The van der Waals surface area contributed by atoms with Crippen LogP contribution in [0.15, 0.2) is 18.2 Å². The van der Waals surface area contributed by atoms with Crippen LogP contribution >= 0.6 is 18.4 Å². The molecular weight excluding hydrogens is 207 g/mol. The fraction of sp³-hybridized carbons (Fsp3) is 0.250. The third kappa shape index (κ3) is 3.18. The summed E-state index contributed by atoms with van der Waals surface area (Å²) in [6.07, 6.45) is -1.34. The second-order valence-corrected chi connectivity index (χ2v) is 6.67. The van der Waals surface area contributed by atoms with E-state index in [1.54, 1.807) is 0 Å². The van der Waals surface area contributed by atoms with E-state index < -0.39 is 6.13 Å². The first-order valence-corrected chi connectivity index (χ1v) is 7.40. The highest BCUT2D eigenvalue weighted by Crippen LogP contribution is 2.31. The van der Waals surface area contributed by atoms with Gasteiger partial charge >= 0.3 is 0 Å². The van der Waals surface area contributed by atoms with Gasteiger partial charge in [0.05, 0.1) is 0 Å². The molecule has 0 aliphatic rings. The molecule has 0 spiro atoms. The highest BCUT2D eigenvalue weighted by atomic mass is 32.9. The first-order chi connectivity index (χ1) is 5.58. The SMILES string of the molecule is Cc1cc(C)cc(O[PH](=S)S)c1. The van der Waals surface area contributed by atoms with Crippen LogP contribution in [0.1, 0.15) is 11.1 Å². The first-order valence-electron chi connectivity index (χ1n) is 3.57. The van der Waals surface area contributed by atoms with E-state index in [0.29, 0.717) is 0 Å². The van der Waals surface area contributed by atoms with E-state index >= 15 is 0 Å². The van der Waals surface area contributed by atoms with E-state index in [4.69, 9.17) is 16.3 Å². The van der Waals surface area contributed by atoms with E-state index in [1.807, 2.05) is 26.0 Å². The molecule has 0 bridgehead atoms. The molecule has 1 nitrogen and oxygen atoms in total. The largest absolute Gasteiger partial charge is 0.460 e. The molecule has 0 heterocycles. The number of aryl methyl sites for hydroxylation is 2. The van der Waals surface area contributed by atoms with Crippen LogP contribution in [0.5, 0.6) is 5.75 Å². The van der Waals surface area contributed by atoms with E-state index in [1.165, 1.54) is 11.1 Å². The summed E-state index contributed by atoms with van der Waals surface area (Å²) < 4.78 is 5.36. The Morgan fingerprint density at radius 2 is 1.75 bits per heavy atom. The Kier molecular flexibility index (Phi) is 3.63. The Morgan fingerprint density at radius 1 is 1.25 bits per heavy atom. The molecule has 0 N–H and O–H groups in total. The lowest BCUT2D eigenvalue weighted by molar-refractivity contribution is 0.640. The van der Waals surface area contributed by atoms with Gasteiger partial charge in [0.2, 0.25) is 0 Å². The molecular formula is C8H11OPS2. The number of rotatable bonds is 2. The normalized spacial score (nSPS) is 12.6. The molecule has 0 amide bonds. The molecule has 12 heavy (non-hydrogen) atoms. The topological polar surface area (TPSA) is 9.23 Å². The van der Waals surface area contributed by atoms with Crippen LogP contribution < -0.4 is 4.52 Å². The average molecular weight is 218 g/mol. The predicted molar refractivity (Wildman–Crippen MR) is 61.2 cm³/mol. The van der Waals surface area contributed by atoms with Crippen LogP contribution in [0, 0.1) is 13.8 Å². The third-order valence-electron chi connectivity index (χ3n) is 1.40. The maximum absolute atomic E-state index is 5.36. The lowest BCUT2D eigenvalue weighted by atomic mass is 10.1. The monoisotopic (exact) mass is 218 g/mol. The van der Waals surface area contributed by atoms with Crippen molar-refractivity contribution in [1.82, 2.24) is 0 Å². The lowest BCUT2D eigenvalue weighted by Crippen LogP contribution is -1.81. The zero-order valence-electron chi connectivity index (χ0n) is 7.00. The van der Waals surface area contributed by atoms with Crippen molar-refractivity contribution in [3.05, 3.63) is 29.3 Å². The maximum atomic E-state index is 5.36. The standard InChI is InChI=1S/C8H11OPS2/c1-6-3-7(2)5-8(4-6)9-10(11)12/h3-5,10H,1-2H3,(H,11,12). The predicted octanol–water partition coefficient (Wildman–Crippen LogP) is 3.12. The van der Waals surface area contributed by atoms with Gasteiger partial charge in [0.15, 0.2) is 6.13 Å². The minimum Gasteiger partial charge on any atom is -0.460 e. The fourth-order valence-electron chi connectivity index (χ4n) is 1.09. The Bertz CT molecular complexity index is 292. The van der Waals surface area contributed by atoms with Gasteiger partial charge in [0.25, 0.3) is 0 Å². The number of hydrogen-bond donors (Lipinski definition) is 1. The summed E-state index contributed by atoms with van der Waals surface area (Å²) in [7, 11) is 0. The highest BCUT2D eigenvalue weighted by Gasteiger charge is 1.96. The van der Waals surface area contributed by atoms with Gasteiger partial charge in [-0.05, 0) is 48.9 Å². The molecule has 1 aromatic rings. The smallest absolute Gasteiger partial charge is 0.153 e. The molecule has 0 aromatic heterocycles. The van der Waals surface area contributed by atoms with Gasteiger partial charge in [-0.25, -0.2) is 0 Å². The molecule has 0 saturated heterocycles. The highest BCUT2D eigenvalue weighted by molar-refractivity contribution is 8.54. The van der Waals surface area contributed by atoms with Crippen molar-refractivity contribution in [2.75, 3.05) is 0 Å². The fourth-order valence-corrected chi connectivity index (χ4v) is 2.02. The maximum Gasteiger partial charge on any atom is 0.153 e. The Labute approximate surface area is 83.8 Å². The average Bonchev–Trinajstić information content (AvgIpc) is 1.81. The van der Waals surface area contributed by atoms with Crippen LogP contribution in [0.2, 0.25) is 0 Å². The Hall–Kier alpha value is 0.0200. The van der Waals surface area contributed by atoms with Gasteiger partial charge in [-0.2, -0.15) is 0 Å². The Balaban J connectivity index is 2.93. The second-order valence-electron chi connectivity index (χ2n) is 2.69. The summed E-state index contributed by atoms with van der Waals surface area (Å²) in [4.78, 5) is 0. The minimum absolute atomic E-state index is 0.839. The number of hydrogen-bond acceptors (Lipinski definition) is 2. The molecule has 1 aromatic carbocycles. The van der Waals surface area contributed by atoms with Crippen LogP contribution in [0.4, 0.5) is 0 Å². The van der Waals surface area contributed by atoms with Crippen molar-refractivity contribution in [3.63, 3.8) is 0 Å². The van der Waals surface area contributed by atoms with Crippen molar-refractivity contribution in [3.8, 4) is 5.75 Å². The summed E-state index contributed by atoms with van der Waals surface area (Å²) in [6, 6.07) is 6.04. The van der Waals surface area contributed by atoms with Crippen LogP contribution in [-0.2, 0) is 11.8 Å². The second kappa shape index (κ2) is 4.31. The summed E-state index contributed by atoms with van der Waals surface area (Å²) in [5.74, 6) is 0.839. The van der Waals surface area contributed by atoms with Crippen molar-refractivity contribution in [1.29, 1.82) is 0 Å². The molecule has 0 aliphatic carbocycles. The van der Waals surface area contributed by atoms with E-state index in [9.17, 15) is 0 Å². The molecule has 0 fully saturated rings. The van der Waals surface area contributed by atoms with Crippen molar-refractivity contribution in [2.24, 2.45) is 0 Å². The zero-order chi connectivity index (χ0) is 9.14. The van der Waals surface area contributed by atoms with Gasteiger partial charge < -0.3 is 4.52 Å². The van der Waals surface area contributed by atoms with Gasteiger partial charge in [-0.3, -0.25) is 0 Å². The van der Waals surface area contributed by atoms with E-state index in [0.717, 1.165) is 5.75 Å². The van der Waals surface area contributed by atoms with Gasteiger partial charge in [0, 0.05) is 0 Å². The van der Waals surface area contributed by atoms with Crippen molar-refractivity contribution < 1.29 is 4.52 Å². The molecule has 1 unspecified atom stereocenters. The lowest BCUT2D eigenvalue weighted by Gasteiger charge is -2.05. The van der Waals surface area contributed by atoms with Crippen LogP contribution in [0.25, 0.3) is 0 Å². The van der Waals surface area contributed by atoms with E-state index in [-0.39, 0.29) is 0 Å². The van der Waals surface area contributed by atoms with Crippen molar-refractivity contribution >= 4 is 30.2 Å². The van der Waals surface area contributed by atoms with Crippen LogP contribution in [-0.4, -0.2) is 0 Å². The van der Waals surface area contributed by atoms with Crippen molar-refractivity contribution in [2.45, 2.75) is 13.8 Å². The zero-order valence-corrected chi connectivity index (χ0v) is 9.71. The summed E-state index contributed by atoms with van der Waals surface area (Å²) >= 11 is 8.96. The molecule has 66 valence electrons. The summed E-state index contributed by atoms with van der Waals surface area (Å²) in [5.41, 5.74) is 2.38. The van der Waals surface area contributed by atoms with E-state index in [2.05, 4.69) is 18.3 Å². The summed E-state index contributed by atoms with van der Waals surface area (Å²) in [5, 5.41) is 0. The molecule has 0 radical (unpaired) electrons. The van der Waals surface area contributed by atoms with Gasteiger partial charge in [-0.15, -0.1) is 12.2 Å². The molecule has 1 atom stereocenters. The Morgan fingerprint density at radius 3 is 2.17 bits per heavy atom.